The van der Waals surface area contributed by atoms with Gasteiger partial charge in [0.1, 0.15) is 28.7 Å². The molecule has 0 radical (unpaired) electrons. The molecule has 1 saturated heterocycles. The standard InChI is InChI=1S/C23H28N2.C21H26N2O3.C20H23NO.C19H18S.C13H8Br2O3/c1-18-10-5-8-13-22(18)25(17-9-16-24(3)4)23-19(2)14-15-20-11-6-7-12-21(20)23;24-19-11-16(13-23-14-26-21-9-5-4-8-18(21)23)20(25)10-15(19)12-22-17-6-2-1-3-7-17;22-20(18-12-6-2-7-13-18)16-19(17-10-4-1-5-11-17)21-14-8-3-9-15-21;20-19-14-13-16-10-4-5-11-17(16)18(19)12-6-9-15-7-2-1-3-8-15;14-7-1-3-11(16)9(5-7)13(18)10-6-8(15)2-4-12(10)17/h5-8,10-15H,9,16-17H2,1-4H3;4-5,8-11,17,22,24-25H,1-3,6-7,12-14H2;1-2,4-7,10-13,19H,3,8-9,14-16H2;1-5,7-8,10-11,13-14,20H,6,9,12H2;1-6,16-17H. The number of benzene rings is 12. The highest BCUT2D eigenvalue weighted by Gasteiger charge is 2.27. The van der Waals surface area contributed by atoms with Gasteiger partial charge in [-0.2, -0.15) is 0 Å². The summed E-state index contributed by atoms with van der Waals surface area (Å²) in [6.45, 7) is 10.2. The van der Waals surface area contributed by atoms with Gasteiger partial charge in [-0.3, -0.25) is 14.5 Å². The number of phenolic OH excluding ortho intramolecular Hbond substituents is 4. The fraction of sp³-hybridized carbons (Fsp3) is 0.271. The fourth-order valence-corrected chi connectivity index (χ4v) is 15.9. The minimum Gasteiger partial charge on any atom is -0.508 e. The van der Waals surface area contributed by atoms with Crippen molar-refractivity contribution >= 4 is 94.7 Å². The van der Waals surface area contributed by atoms with Gasteiger partial charge in [0.15, 0.2) is 12.5 Å². The quantitative estimate of drug-likeness (QED) is 0.0218. The number of fused-ring (bicyclic) bond motifs is 3. The molecule has 2 heterocycles. The number of carbonyl (C=O) groups is 2. The zero-order valence-corrected chi connectivity index (χ0v) is 68.2. The van der Waals surface area contributed by atoms with Gasteiger partial charge < -0.3 is 45.2 Å². The van der Waals surface area contributed by atoms with Crippen LogP contribution in [-0.4, -0.2) is 94.8 Å². The van der Waals surface area contributed by atoms with Gasteiger partial charge >= 0.3 is 0 Å². The highest BCUT2D eigenvalue weighted by molar-refractivity contribution is 9.10. The first-order valence-electron chi connectivity index (χ1n) is 38.8. The zero-order valence-electron chi connectivity index (χ0n) is 64.1. The number of hydrogen-bond acceptors (Lipinski definition) is 13. The van der Waals surface area contributed by atoms with Crippen molar-refractivity contribution in [1.29, 1.82) is 0 Å². The molecular formula is C96H103Br2N5O7S. The van der Waals surface area contributed by atoms with E-state index in [9.17, 15) is 30.0 Å². The molecule has 12 nitrogen and oxygen atoms in total. The van der Waals surface area contributed by atoms with Gasteiger partial charge in [0.2, 0.25) is 5.78 Å². The third-order valence-corrected chi connectivity index (χ3v) is 22.2. The van der Waals surface area contributed by atoms with E-state index >= 15 is 0 Å². The molecule has 0 bridgehead atoms. The Labute approximate surface area is 678 Å². The van der Waals surface area contributed by atoms with Crippen molar-refractivity contribution in [2.45, 2.75) is 127 Å². The van der Waals surface area contributed by atoms with Gasteiger partial charge in [0, 0.05) is 73.2 Å². The molecule has 574 valence electrons. The van der Waals surface area contributed by atoms with Crippen LogP contribution in [0.1, 0.15) is 142 Å². The number of nitrogens with zero attached hydrogens (tertiary/aromatic N) is 4. The number of ketones is 2. The van der Waals surface area contributed by atoms with Gasteiger partial charge in [-0.05, 0) is 216 Å². The zero-order chi connectivity index (χ0) is 78.0. The number of aromatic hydroxyl groups is 4. The number of phenols is 4. The lowest BCUT2D eigenvalue weighted by molar-refractivity contribution is 0.0894. The predicted molar refractivity (Wildman–Crippen MR) is 466 cm³/mol. The fourth-order valence-electron chi connectivity index (χ4n) is 14.9. The minimum absolute atomic E-state index is 0.123. The lowest BCUT2D eigenvalue weighted by atomic mass is 9.95. The number of hydrogen-bond donors (Lipinski definition) is 6. The first-order valence-corrected chi connectivity index (χ1v) is 40.8. The van der Waals surface area contributed by atoms with E-state index in [0.717, 1.165) is 79.3 Å². The Morgan fingerprint density at radius 2 is 1.12 bits per heavy atom. The van der Waals surface area contributed by atoms with Crippen molar-refractivity contribution in [3.8, 4) is 28.7 Å². The number of para-hydroxylation sites is 3. The van der Waals surface area contributed by atoms with E-state index in [1.165, 1.54) is 136 Å². The molecule has 0 spiro atoms. The summed E-state index contributed by atoms with van der Waals surface area (Å²) in [4.78, 5) is 35.3. The lowest BCUT2D eigenvalue weighted by Gasteiger charge is -2.34. The smallest absolute Gasteiger partial charge is 0.200 e. The number of halogens is 2. The second kappa shape index (κ2) is 41.5. The summed E-state index contributed by atoms with van der Waals surface area (Å²) < 4.78 is 7.01. The average molecular weight is 1630 g/mol. The molecule has 1 aliphatic carbocycles. The number of thiol groups is 1. The largest absolute Gasteiger partial charge is 0.508 e. The monoisotopic (exact) mass is 1630 g/mol. The maximum Gasteiger partial charge on any atom is 0.200 e. The summed E-state index contributed by atoms with van der Waals surface area (Å²) in [5.41, 5.74) is 12.9. The molecule has 0 aromatic heterocycles. The molecule has 15 heteroatoms. The molecule has 0 amide bonds. The number of likely N-dealkylation sites (tertiary alicyclic amines) is 1. The molecule has 15 rings (SSSR count). The van der Waals surface area contributed by atoms with Crippen LogP contribution in [0.2, 0.25) is 0 Å². The molecule has 1 unspecified atom stereocenters. The predicted octanol–water partition coefficient (Wildman–Crippen LogP) is 23.1. The number of Topliss-reactive ketones (excluding diaryl/α,β-unsaturated/α-hetero) is 1. The lowest BCUT2D eigenvalue weighted by Crippen LogP contribution is -2.35. The van der Waals surface area contributed by atoms with Crippen LogP contribution in [0, 0.1) is 13.8 Å². The molecule has 12 aromatic carbocycles. The molecule has 3 aliphatic rings. The van der Waals surface area contributed by atoms with Crippen molar-refractivity contribution in [3.63, 3.8) is 0 Å². The highest BCUT2D eigenvalue weighted by Crippen LogP contribution is 2.40. The summed E-state index contributed by atoms with van der Waals surface area (Å²) in [5.74, 6) is 0.851. The summed E-state index contributed by atoms with van der Waals surface area (Å²) in [7, 11) is 4.28. The summed E-state index contributed by atoms with van der Waals surface area (Å²) in [6.07, 6.45) is 15.1. The molecule has 2 aliphatic heterocycles. The van der Waals surface area contributed by atoms with Gasteiger partial charge in [-0.15, -0.1) is 12.6 Å². The second-order valence-corrected chi connectivity index (χ2v) is 31.4. The van der Waals surface area contributed by atoms with Crippen molar-refractivity contribution in [2.75, 3.05) is 56.8 Å². The molecule has 111 heavy (non-hydrogen) atoms. The van der Waals surface area contributed by atoms with E-state index in [2.05, 4.69) is 244 Å². The van der Waals surface area contributed by atoms with Crippen molar-refractivity contribution < 1.29 is 34.8 Å². The van der Waals surface area contributed by atoms with Crippen LogP contribution in [0.3, 0.4) is 0 Å². The van der Waals surface area contributed by atoms with E-state index in [-0.39, 0.29) is 46.0 Å². The third-order valence-electron chi connectivity index (χ3n) is 20.8. The Hall–Kier alpha value is -9.71. The van der Waals surface area contributed by atoms with Gasteiger partial charge in [-0.25, -0.2) is 0 Å². The summed E-state index contributed by atoms with van der Waals surface area (Å²) >= 11 is 11.1. The van der Waals surface area contributed by atoms with E-state index in [0.29, 0.717) is 46.8 Å². The van der Waals surface area contributed by atoms with Gasteiger partial charge in [-0.1, -0.05) is 246 Å². The number of piperidine rings is 1. The van der Waals surface area contributed by atoms with E-state index in [1.54, 1.807) is 24.3 Å². The van der Waals surface area contributed by atoms with Crippen LogP contribution >= 0.6 is 44.5 Å². The second-order valence-electron chi connectivity index (χ2n) is 29.1. The maximum atomic E-state index is 12.6. The van der Waals surface area contributed by atoms with Gasteiger partial charge in [0.05, 0.1) is 29.0 Å². The van der Waals surface area contributed by atoms with Crippen LogP contribution in [0.4, 0.5) is 17.1 Å². The number of carbonyl (C=O) groups excluding carboxylic acids is 2. The number of anilines is 3. The first kappa shape index (κ1) is 82.3. The van der Waals surface area contributed by atoms with Crippen LogP contribution < -0.4 is 19.9 Å². The van der Waals surface area contributed by atoms with Crippen LogP contribution in [0.5, 0.6) is 28.7 Å². The van der Waals surface area contributed by atoms with Crippen LogP contribution in [0.15, 0.2) is 275 Å². The van der Waals surface area contributed by atoms with Crippen molar-refractivity contribution in [2.24, 2.45) is 0 Å². The van der Waals surface area contributed by atoms with Crippen LogP contribution in [-0.2, 0) is 25.9 Å². The van der Waals surface area contributed by atoms with Crippen molar-refractivity contribution in [1.82, 2.24) is 15.1 Å². The third kappa shape index (κ3) is 23.2. The molecule has 5 N–H and O–H groups in total. The van der Waals surface area contributed by atoms with E-state index < -0.39 is 5.78 Å². The molecule has 1 atom stereocenters. The maximum absolute atomic E-state index is 12.6. The van der Waals surface area contributed by atoms with Gasteiger partial charge in [0.25, 0.3) is 0 Å². The van der Waals surface area contributed by atoms with E-state index in [1.807, 2.05) is 65.6 Å². The molecular weight excluding hydrogens is 1530 g/mol. The highest BCUT2D eigenvalue weighted by atomic mass is 79.9. The SMILES string of the molecule is Cc1ccccc1N(CCCN(C)C)c1c(C)ccc2ccccc12.O=C(CC(c1ccccc1)N1CCCCC1)c1ccccc1.O=C(c1cc(Br)ccc1O)c1cc(Br)ccc1O.Oc1cc(CN2COc3ccccc32)c(O)cc1CNC1CCCCC1.Sc1ccc2ccccc2c1CCCc1ccccc1. The summed E-state index contributed by atoms with van der Waals surface area (Å²) in [5, 5.41) is 49.0. The Morgan fingerprint density at radius 1 is 0.550 bits per heavy atom. The number of nitrogens with one attached hydrogen (secondary N) is 1. The first-order chi connectivity index (χ1) is 54.0. The van der Waals surface area contributed by atoms with Crippen LogP contribution in [0.25, 0.3) is 21.5 Å². The molecule has 12 aromatic rings. The van der Waals surface area contributed by atoms with Crippen molar-refractivity contribution in [3.05, 3.63) is 325 Å². The Bertz CT molecular complexity index is 4950. The molecule has 1 saturated carbocycles. The number of rotatable bonds is 22. The Morgan fingerprint density at radius 3 is 1.79 bits per heavy atom. The Kier molecular flexibility index (Phi) is 30.8. The average Bonchev–Trinajstić information content (AvgIpc) is 1.28. The minimum atomic E-state index is -0.437. The number of ether oxygens (including phenoxy) is 1. The number of aryl methyl sites for hydroxylation is 4. The normalized spacial score (nSPS) is 13.6. The summed E-state index contributed by atoms with van der Waals surface area (Å²) in [6, 6.07) is 86.6. The molecule has 2 fully saturated rings. The topological polar surface area (TPSA) is 149 Å². The van der Waals surface area contributed by atoms with E-state index in [4.69, 9.17) is 4.74 Å². The Balaban J connectivity index is 0.000000138.